The van der Waals surface area contributed by atoms with Gasteiger partial charge in [-0.3, -0.25) is 0 Å². The average molecular weight is 829 g/mol. The van der Waals surface area contributed by atoms with Crippen LogP contribution in [0.4, 0.5) is 0 Å². The summed E-state index contributed by atoms with van der Waals surface area (Å²) in [7, 11) is 0. The zero-order valence-electron chi connectivity index (χ0n) is 37.1. The Labute approximate surface area is 368 Å². The fraction of sp³-hybridized carbons (Fsp3) is 0.321. The van der Waals surface area contributed by atoms with Gasteiger partial charge in [-0.25, -0.2) is 0 Å². The van der Waals surface area contributed by atoms with Gasteiger partial charge in [-0.15, -0.1) is 0 Å². The number of ether oxygens (including phenoxy) is 6. The molecule has 0 saturated carbocycles. The van der Waals surface area contributed by atoms with Gasteiger partial charge in [-0.05, 0) is 106 Å². The highest BCUT2D eigenvalue weighted by atomic mass is 16.5. The van der Waals surface area contributed by atoms with Crippen molar-refractivity contribution in [1.29, 1.82) is 0 Å². The van der Waals surface area contributed by atoms with E-state index < -0.39 is 11.2 Å². The second-order valence-corrected chi connectivity index (χ2v) is 16.5. The van der Waals surface area contributed by atoms with Crippen LogP contribution in [-0.2, 0) is 11.2 Å². The number of benzene rings is 6. The van der Waals surface area contributed by atoms with E-state index >= 15 is 0 Å². The van der Waals surface area contributed by atoms with Crippen molar-refractivity contribution in [2.75, 3.05) is 13.2 Å². The molecule has 4 unspecified atom stereocenters. The molecule has 0 radical (unpaired) electrons. The second-order valence-electron chi connectivity index (χ2n) is 16.5. The van der Waals surface area contributed by atoms with Gasteiger partial charge in [0, 0.05) is 50.9 Å². The van der Waals surface area contributed by atoms with Crippen LogP contribution in [0.5, 0.6) is 34.5 Å². The zero-order valence-corrected chi connectivity index (χ0v) is 37.1. The van der Waals surface area contributed by atoms with Gasteiger partial charge < -0.3 is 28.4 Å². The van der Waals surface area contributed by atoms with Crippen LogP contribution in [0.2, 0.25) is 0 Å². The van der Waals surface area contributed by atoms with E-state index in [-0.39, 0.29) is 12.2 Å². The lowest BCUT2D eigenvalue weighted by atomic mass is 9.81. The summed E-state index contributed by atoms with van der Waals surface area (Å²) in [4.78, 5) is 0. The van der Waals surface area contributed by atoms with Gasteiger partial charge in [-0.2, -0.15) is 0 Å². The summed E-state index contributed by atoms with van der Waals surface area (Å²) in [6.07, 6.45) is 14.7. The van der Waals surface area contributed by atoms with Gasteiger partial charge in [0.05, 0.1) is 25.4 Å². The third kappa shape index (κ3) is 8.40. The minimum atomic E-state index is -0.971. The van der Waals surface area contributed by atoms with Gasteiger partial charge in [0.15, 0.2) is 11.2 Å². The van der Waals surface area contributed by atoms with E-state index in [9.17, 15) is 0 Å². The second kappa shape index (κ2) is 18.9. The molecule has 0 N–H and O–H groups in total. The van der Waals surface area contributed by atoms with Gasteiger partial charge in [-0.1, -0.05) is 113 Å². The van der Waals surface area contributed by atoms with Crippen LogP contribution < -0.4 is 28.4 Å². The van der Waals surface area contributed by atoms with E-state index in [4.69, 9.17) is 28.4 Å². The predicted molar refractivity (Wildman–Crippen MR) is 252 cm³/mol. The molecule has 62 heavy (non-hydrogen) atoms. The number of fused-ring (bicyclic) bond motifs is 5. The van der Waals surface area contributed by atoms with E-state index in [1.807, 2.05) is 36.4 Å². The van der Waals surface area contributed by atoms with Gasteiger partial charge >= 0.3 is 0 Å². The lowest BCUT2D eigenvalue weighted by molar-refractivity contribution is 0.153. The molecule has 6 nitrogen and oxygen atoms in total. The summed E-state index contributed by atoms with van der Waals surface area (Å²) in [5, 5.41) is 2.15. The highest BCUT2D eigenvalue weighted by molar-refractivity contribution is 6.02. The molecular weight excluding hydrogens is 769 g/mol. The van der Waals surface area contributed by atoms with Crippen LogP contribution >= 0.6 is 0 Å². The summed E-state index contributed by atoms with van der Waals surface area (Å²) >= 11 is 0. The molecule has 2 heterocycles. The van der Waals surface area contributed by atoms with Crippen molar-refractivity contribution in [3.63, 3.8) is 0 Å². The normalized spacial score (nSPS) is 18.5. The molecular formula is C56H60O6. The predicted octanol–water partition coefficient (Wildman–Crippen LogP) is 14.3. The van der Waals surface area contributed by atoms with Crippen molar-refractivity contribution in [2.45, 2.75) is 103 Å². The maximum absolute atomic E-state index is 7.37. The Balaban J connectivity index is 1.25. The number of hydrogen-bond acceptors (Lipinski definition) is 6. The Bertz CT molecular complexity index is 2350. The standard InChI is InChI=1S/C56H60O6/c1-7-11-35-57-52-37-44(59-39(5)9-3)25-27-48(52)55(42-19-15-13-16-20-42)33-31-46-50(61-55)29-23-41-24-30-51-47(54(41)46)32-34-56(62-51,43-21-17-14-18-22-43)49-28-26-45(60-40(6)10-4)38-53(49)58-36-12-8-2/h13-34,37-40H,7-12,35-36H2,1-6H3. The van der Waals surface area contributed by atoms with Crippen molar-refractivity contribution in [3.8, 4) is 34.5 Å². The summed E-state index contributed by atoms with van der Waals surface area (Å²) in [6.45, 7) is 14.0. The first-order chi connectivity index (χ1) is 30.3. The molecule has 0 aromatic heterocycles. The molecule has 2 aliphatic heterocycles. The SMILES string of the molecule is CCCCOc1cc(OC(C)CC)ccc1C1(c2ccccc2)C=Cc2c(ccc3ccc4c(c23)C=CC(c2ccccc2)(c2ccc(OC(C)CC)cc2OCCCC)O4)O1. The summed E-state index contributed by atoms with van der Waals surface area (Å²) in [5.74, 6) is 4.61. The smallest absolute Gasteiger partial charge is 0.181 e. The zero-order chi connectivity index (χ0) is 43.1. The van der Waals surface area contributed by atoms with Crippen molar-refractivity contribution < 1.29 is 28.4 Å². The molecule has 0 saturated heterocycles. The van der Waals surface area contributed by atoms with Crippen LogP contribution in [0.3, 0.4) is 0 Å². The Morgan fingerprint density at radius 2 is 0.952 bits per heavy atom. The summed E-state index contributed by atoms with van der Waals surface area (Å²) in [6, 6.07) is 41.6. The quantitative estimate of drug-likeness (QED) is 0.0805. The molecule has 6 aromatic rings. The lowest BCUT2D eigenvalue weighted by Gasteiger charge is -2.39. The van der Waals surface area contributed by atoms with E-state index in [0.29, 0.717) is 13.2 Å². The van der Waals surface area contributed by atoms with E-state index in [0.717, 1.165) is 117 Å². The Morgan fingerprint density at radius 1 is 0.516 bits per heavy atom. The topological polar surface area (TPSA) is 55.4 Å². The van der Waals surface area contributed by atoms with Crippen molar-refractivity contribution >= 4 is 22.9 Å². The van der Waals surface area contributed by atoms with Crippen LogP contribution in [-0.4, -0.2) is 25.4 Å². The van der Waals surface area contributed by atoms with Gasteiger partial charge in [0.25, 0.3) is 0 Å². The van der Waals surface area contributed by atoms with Crippen molar-refractivity contribution in [2.24, 2.45) is 0 Å². The average Bonchev–Trinajstić information content (AvgIpc) is 3.31. The van der Waals surface area contributed by atoms with Gasteiger partial charge in [0.2, 0.25) is 0 Å². The molecule has 6 aromatic carbocycles. The highest BCUT2D eigenvalue weighted by Crippen LogP contribution is 2.52. The van der Waals surface area contributed by atoms with Crippen molar-refractivity contribution in [3.05, 3.63) is 167 Å². The first-order valence-electron chi connectivity index (χ1n) is 22.7. The summed E-state index contributed by atoms with van der Waals surface area (Å²) < 4.78 is 40.5. The number of unbranched alkanes of at least 4 members (excludes halogenated alkanes) is 2. The number of rotatable bonds is 18. The van der Waals surface area contributed by atoms with E-state index in [2.05, 4.69) is 151 Å². The maximum Gasteiger partial charge on any atom is 0.181 e. The molecule has 0 amide bonds. The fourth-order valence-corrected chi connectivity index (χ4v) is 8.33. The molecule has 8 rings (SSSR count). The van der Waals surface area contributed by atoms with Crippen molar-refractivity contribution in [1.82, 2.24) is 0 Å². The molecule has 6 heteroatoms. The van der Waals surface area contributed by atoms with Crippen LogP contribution in [0.1, 0.15) is 113 Å². The molecule has 0 fully saturated rings. The first-order valence-corrected chi connectivity index (χ1v) is 22.7. The van der Waals surface area contributed by atoms with E-state index in [1.165, 1.54) is 0 Å². The van der Waals surface area contributed by atoms with Crippen LogP contribution in [0.25, 0.3) is 22.9 Å². The molecule has 0 aliphatic carbocycles. The Morgan fingerprint density at radius 3 is 1.35 bits per heavy atom. The molecule has 2 aliphatic rings. The third-order valence-corrected chi connectivity index (χ3v) is 12.1. The minimum Gasteiger partial charge on any atom is -0.493 e. The largest absolute Gasteiger partial charge is 0.493 e. The maximum atomic E-state index is 7.37. The lowest BCUT2D eigenvalue weighted by Crippen LogP contribution is -2.35. The molecule has 0 bridgehead atoms. The Hall–Kier alpha value is -6.14. The minimum absolute atomic E-state index is 0.0796. The number of hydrogen-bond donors (Lipinski definition) is 0. The highest BCUT2D eigenvalue weighted by Gasteiger charge is 2.42. The third-order valence-electron chi connectivity index (χ3n) is 12.1. The molecule has 320 valence electrons. The monoisotopic (exact) mass is 828 g/mol. The molecule has 4 atom stereocenters. The van der Waals surface area contributed by atoms with Crippen LogP contribution in [0.15, 0.2) is 133 Å². The molecule has 0 spiro atoms. The Kier molecular flexibility index (Phi) is 12.9. The summed E-state index contributed by atoms with van der Waals surface area (Å²) in [5.41, 5.74) is 3.88. The van der Waals surface area contributed by atoms with E-state index in [1.54, 1.807) is 0 Å². The van der Waals surface area contributed by atoms with Gasteiger partial charge in [0.1, 0.15) is 34.5 Å². The van der Waals surface area contributed by atoms with Crippen LogP contribution in [0, 0.1) is 0 Å². The fourth-order valence-electron chi connectivity index (χ4n) is 8.33. The first kappa shape index (κ1) is 42.5.